The van der Waals surface area contributed by atoms with E-state index < -0.39 is 0 Å². The molecule has 92 valence electrons. The first kappa shape index (κ1) is 13.3. The molecule has 1 heterocycles. The quantitative estimate of drug-likeness (QED) is 0.829. The summed E-state index contributed by atoms with van der Waals surface area (Å²) in [5.41, 5.74) is 6.81. The van der Waals surface area contributed by atoms with E-state index in [1.165, 1.54) is 11.5 Å². The van der Waals surface area contributed by atoms with Gasteiger partial charge in [-0.2, -0.15) is 4.37 Å². The molecule has 0 spiro atoms. The van der Waals surface area contributed by atoms with Gasteiger partial charge < -0.3 is 16.0 Å². The maximum atomic E-state index is 5.74. The fourth-order valence-electron chi connectivity index (χ4n) is 1.47. The van der Waals surface area contributed by atoms with Crippen molar-refractivity contribution in [3.63, 3.8) is 0 Å². The highest BCUT2D eigenvalue weighted by Crippen LogP contribution is 2.27. The lowest BCUT2D eigenvalue weighted by Crippen LogP contribution is -2.36. The number of anilines is 2. The van der Waals surface area contributed by atoms with E-state index in [4.69, 9.17) is 5.73 Å². The molecule has 0 aliphatic rings. The maximum absolute atomic E-state index is 5.74. The van der Waals surface area contributed by atoms with Crippen molar-refractivity contribution in [3.05, 3.63) is 5.56 Å². The Labute approximate surface area is 102 Å². The molecule has 0 bridgehead atoms. The van der Waals surface area contributed by atoms with Crippen LogP contribution in [0.25, 0.3) is 0 Å². The molecule has 1 aromatic rings. The second kappa shape index (κ2) is 5.50. The summed E-state index contributed by atoms with van der Waals surface area (Å²) in [5.74, 6) is 1.21. The molecule has 0 amide bonds. The zero-order chi connectivity index (χ0) is 12.3. The van der Waals surface area contributed by atoms with Gasteiger partial charge in [0.05, 0.1) is 0 Å². The Bertz CT molecular complexity index is 333. The van der Waals surface area contributed by atoms with Crippen molar-refractivity contribution >= 4 is 22.4 Å². The van der Waals surface area contributed by atoms with Gasteiger partial charge in [-0.05, 0) is 38.5 Å². The van der Waals surface area contributed by atoms with E-state index in [0.29, 0.717) is 17.8 Å². The second-order valence-corrected chi connectivity index (χ2v) is 5.55. The number of nitrogens with two attached hydrogens (primary N) is 1. The van der Waals surface area contributed by atoms with Crippen molar-refractivity contribution < 1.29 is 0 Å². The maximum Gasteiger partial charge on any atom is 0.142 e. The van der Waals surface area contributed by atoms with E-state index in [9.17, 15) is 0 Å². The first-order valence-electron chi connectivity index (χ1n) is 5.54. The lowest BCUT2D eigenvalue weighted by atomic mass is 10.0. The summed E-state index contributed by atoms with van der Waals surface area (Å²) in [6.07, 6.45) is 0. The molecule has 1 atom stereocenters. The lowest BCUT2D eigenvalue weighted by molar-refractivity contribution is 0.345. The number of hydrogen-bond acceptors (Lipinski definition) is 5. The van der Waals surface area contributed by atoms with Gasteiger partial charge in [-0.3, -0.25) is 0 Å². The Morgan fingerprint density at radius 2 is 2.06 bits per heavy atom. The zero-order valence-corrected chi connectivity index (χ0v) is 11.6. The molecule has 0 aliphatic heterocycles. The summed E-state index contributed by atoms with van der Waals surface area (Å²) in [4.78, 5) is 2.19. The predicted molar refractivity (Wildman–Crippen MR) is 72.1 cm³/mol. The summed E-state index contributed by atoms with van der Waals surface area (Å²) in [7, 11) is 4.18. The van der Waals surface area contributed by atoms with Crippen molar-refractivity contribution in [2.75, 3.05) is 31.7 Å². The molecule has 0 fully saturated rings. The van der Waals surface area contributed by atoms with Gasteiger partial charge in [0, 0.05) is 18.2 Å². The minimum absolute atomic E-state index is 0.425. The van der Waals surface area contributed by atoms with Gasteiger partial charge in [-0.1, -0.05) is 13.8 Å². The molecular formula is C11H22N4S. The third-order valence-electron chi connectivity index (χ3n) is 2.64. The Hall–Kier alpha value is -0.810. The molecule has 5 heteroatoms. The highest BCUT2D eigenvalue weighted by atomic mass is 32.1. The summed E-state index contributed by atoms with van der Waals surface area (Å²) in [5, 5.41) is 4.63. The highest BCUT2D eigenvalue weighted by molar-refractivity contribution is 7.10. The average Bonchev–Trinajstić information content (AvgIpc) is 2.47. The number of rotatable bonds is 5. The summed E-state index contributed by atoms with van der Waals surface area (Å²) in [6, 6.07) is 0.425. The lowest BCUT2D eigenvalue weighted by Gasteiger charge is -2.26. The largest absolute Gasteiger partial charge is 0.383 e. The van der Waals surface area contributed by atoms with Crippen LogP contribution in [0.3, 0.4) is 0 Å². The van der Waals surface area contributed by atoms with Crippen molar-refractivity contribution in [1.29, 1.82) is 0 Å². The Balaban J connectivity index is 2.72. The number of nitrogen functional groups attached to an aromatic ring is 1. The van der Waals surface area contributed by atoms with E-state index in [1.807, 2.05) is 6.92 Å². The van der Waals surface area contributed by atoms with Crippen molar-refractivity contribution in [1.82, 2.24) is 9.27 Å². The van der Waals surface area contributed by atoms with Gasteiger partial charge in [-0.25, -0.2) is 0 Å². The van der Waals surface area contributed by atoms with Crippen LogP contribution in [-0.4, -0.2) is 36.0 Å². The summed E-state index contributed by atoms with van der Waals surface area (Å²) < 4.78 is 4.15. The van der Waals surface area contributed by atoms with Crippen LogP contribution in [0.15, 0.2) is 0 Å². The van der Waals surface area contributed by atoms with Crippen LogP contribution in [0.1, 0.15) is 19.4 Å². The van der Waals surface area contributed by atoms with Crippen LogP contribution >= 0.6 is 11.5 Å². The monoisotopic (exact) mass is 242 g/mol. The molecule has 0 aromatic carbocycles. The Kier molecular flexibility index (Phi) is 4.56. The van der Waals surface area contributed by atoms with Crippen LogP contribution in [0, 0.1) is 12.8 Å². The van der Waals surface area contributed by atoms with Crippen LogP contribution in [0.4, 0.5) is 10.8 Å². The number of hydrogen-bond donors (Lipinski definition) is 2. The first-order valence-corrected chi connectivity index (χ1v) is 6.32. The normalized spacial score (nSPS) is 13.4. The molecular weight excluding hydrogens is 220 g/mol. The molecule has 4 nitrogen and oxygen atoms in total. The van der Waals surface area contributed by atoms with Crippen LogP contribution in [0.5, 0.6) is 0 Å². The number of likely N-dealkylation sites (N-methyl/N-ethyl adjacent to an activating group) is 1. The molecule has 3 N–H and O–H groups in total. The first-order chi connectivity index (χ1) is 7.41. The topological polar surface area (TPSA) is 54.2 Å². The van der Waals surface area contributed by atoms with Crippen molar-refractivity contribution in [2.24, 2.45) is 5.92 Å². The molecule has 1 aromatic heterocycles. The molecule has 0 radical (unpaired) electrons. The van der Waals surface area contributed by atoms with Gasteiger partial charge in [-0.15, -0.1) is 0 Å². The van der Waals surface area contributed by atoms with E-state index in [2.05, 4.69) is 42.5 Å². The highest BCUT2D eigenvalue weighted by Gasteiger charge is 2.17. The summed E-state index contributed by atoms with van der Waals surface area (Å²) >= 11 is 1.44. The molecule has 1 rings (SSSR count). The smallest absolute Gasteiger partial charge is 0.142 e. The summed E-state index contributed by atoms with van der Waals surface area (Å²) in [6.45, 7) is 7.46. The van der Waals surface area contributed by atoms with Crippen molar-refractivity contribution in [3.8, 4) is 0 Å². The molecule has 16 heavy (non-hydrogen) atoms. The van der Waals surface area contributed by atoms with Gasteiger partial charge >= 0.3 is 0 Å². The minimum atomic E-state index is 0.425. The second-order valence-electron chi connectivity index (χ2n) is 4.78. The van der Waals surface area contributed by atoms with Crippen molar-refractivity contribution in [2.45, 2.75) is 26.8 Å². The fourth-order valence-corrected chi connectivity index (χ4v) is 2.24. The SMILES string of the molecule is Cc1c(N)nsc1NC(CN(C)C)C(C)C. The molecule has 0 saturated carbocycles. The standard InChI is InChI=1S/C11H22N4S/c1-7(2)9(6-15(4)5)13-11-8(3)10(12)14-16-11/h7,9,13H,6H2,1-5H3,(H2,12,14). The number of aromatic nitrogens is 1. The average molecular weight is 242 g/mol. The minimum Gasteiger partial charge on any atom is -0.383 e. The number of nitrogens with one attached hydrogen (secondary N) is 1. The van der Waals surface area contributed by atoms with Gasteiger partial charge in [0.25, 0.3) is 0 Å². The van der Waals surface area contributed by atoms with E-state index in [-0.39, 0.29) is 0 Å². The Morgan fingerprint density at radius 1 is 1.44 bits per heavy atom. The van der Waals surface area contributed by atoms with Crippen LogP contribution in [-0.2, 0) is 0 Å². The van der Waals surface area contributed by atoms with E-state index >= 15 is 0 Å². The zero-order valence-electron chi connectivity index (χ0n) is 10.7. The fraction of sp³-hybridized carbons (Fsp3) is 0.727. The van der Waals surface area contributed by atoms with Gasteiger partial charge in [0.2, 0.25) is 0 Å². The van der Waals surface area contributed by atoms with Crippen LogP contribution in [0.2, 0.25) is 0 Å². The van der Waals surface area contributed by atoms with E-state index in [1.54, 1.807) is 0 Å². The molecule has 0 saturated heterocycles. The van der Waals surface area contributed by atoms with Crippen LogP contribution < -0.4 is 11.1 Å². The molecule has 0 aliphatic carbocycles. The van der Waals surface area contributed by atoms with E-state index in [0.717, 1.165) is 17.1 Å². The van der Waals surface area contributed by atoms with Gasteiger partial charge in [0.1, 0.15) is 10.8 Å². The third-order valence-corrected chi connectivity index (χ3v) is 3.54. The molecule has 1 unspecified atom stereocenters. The number of nitrogens with zero attached hydrogens (tertiary/aromatic N) is 2. The Morgan fingerprint density at radius 3 is 2.44 bits per heavy atom. The third kappa shape index (κ3) is 3.35. The predicted octanol–water partition coefficient (Wildman–Crippen LogP) is 2.03. The van der Waals surface area contributed by atoms with Gasteiger partial charge in [0.15, 0.2) is 0 Å².